The molecule has 3 N–H and O–H groups in total. The number of hydrogen-bond donors (Lipinski definition) is 2. The Morgan fingerprint density at radius 2 is 1.91 bits per heavy atom. The second kappa shape index (κ2) is 11.2. The van der Waals surface area contributed by atoms with Crippen LogP contribution in [0.1, 0.15) is 18.9 Å². The summed E-state index contributed by atoms with van der Waals surface area (Å²) in [5.41, 5.74) is 4.47. The van der Waals surface area contributed by atoms with Gasteiger partial charge in [-0.2, -0.15) is 0 Å². The van der Waals surface area contributed by atoms with Crippen molar-refractivity contribution in [3.05, 3.63) is 58.9 Å². The summed E-state index contributed by atoms with van der Waals surface area (Å²) in [6.45, 7) is 1.11. The monoisotopic (exact) mass is 505 g/mol. The quantitative estimate of drug-likeness (QED) is 0.419. The second-order valence-corrected chi connectivity index (χ2v) is 8.45. The van der Waals surface area contributed by atoms with Gasteiger partial charge >= 0.3 is 12.0 Å². The largest absolute Gasteiger partial charge is 0.482 e. The van der Waals surface area contributed by atoms with E-state index in [1.165, 1.54) is 47.4 Å². The van der Waals surface area contributed by atoms with Crippen LogP contribution in [0.4, 0.5) is 14.9 Å². The molecule has 35 heavy (non-hydrogen) atoms. The first-order valence-corrected chi connectivity index (χ1v) is 11.2. The number of nitrogens with one attached hydrogen (secondary N) is 1. The number of piperidine rings is 1. The van der Waals surface area contributed by atoms with Crippen LogP contribution in [0.25, 0.3) is 0 Å². The summed E-state index contributed by atoms with van der Waals surface area (Å²) < 4.78 is 24.0. The lowest BCUT2D eigenvalue weighted by Gasteiger charge is -2.38. The molecule has 0 radical (unpaired) electrons. The number of halogens is 2. The number of nitrogens with two attached hydrogens (primary N) is 1. The molecule has 1 heterocycles. The molecular formula is C24H25ClFN3O6. The standard InChI is InChI=1S/C24H25ClFN3O6/c1-2-34-22(32)24(12-15-3-6-17(26)7-4-15)9-10-29(13-20(24)30)21(31)14-35-19-8-5-16(25)11-18(19)28-23(27)33/h3-8,11H,2,9-10,12-14H2,1H3,(H3,27,28,33). The molecule has 9 nitrogen and oxygen atoms in total. The van der Waals surface area contributed by atoms with E-state index < -0.39 is 41.5 Å². The number of rotatable bonds is 8. The van der Waals surface area contributed by atoms with Crippen LogP contribution in [-0.2, 0) is 25.5 Å². The predicted molar refractivity (Wildman–Crippen MR) is 126 cm³/mol. The van der Waals surface area contributed by atoms with Gasteiger partial charge in [-0.05, 0) is 55.7 Å². The maximum absolute atomic E-state index is 13.3. The molecule has 0 aromatic heterocycles. The number of anilines is 1. The van der Waals surface area contributed by atoms with Crippen LogP contribution in [0, 0.1) is 11.2 Å². The molecule has 1 atom stereocenters. The molecule has 0 aliphatic carbocycles. The third-order valence-electron chi connectivity index (χ3n) is 5.67. The fraction of sp³-hybridized carbons (Fsp3) is 0.333. The normalized spacial score (nSPS) is 17.6. The Morgan fingerprint density at radius 1 is 1.20 bits per heavy atom. The summed E-state index contributed by atoms with van der Waals surface area (Å²) in [6.07, 6.45) is 0.0829. The smallest absolute Gasteiger partial charge is 0.320 e. The third kappa shape index (κ3) is 6.27. The average Bonchev–Trinajstić information content (AvgIpc) is 2.81. The zero-order valence-electron chi connectivity index (χ0n) is 19.0. The van der Waals surface area contributed by atoms with Gasteiger partial charge in [-0.25, -0.2) is 9.18 Å². The van der Waals surface area contributed by atoms with Gasteiger partial charge < -0.3 is 25.4 Å². The Bertz CT molecular complexity index is 1130. The Balaban J connectivity index is 1.70. The summed E-state index contributed by atoms with van der Waals surface area (Å²) in [5, 5.41) is 2.69. The molecule has 1 unspecified atom stereocenters. The summed E-state index contributed by atoms with van der Waals surface area (Å²) in [7, 11) is 0. The molecule has 3 amide bonds. The molecule has 2 aromatic carbocycles. The predicted octanol–water partition coefficient (Wildman–Crippen LogP) is 2.94. The fourth-order valence-corrected chi connectivity index (χ4v) is 4.04. The lowest BCUT2D eigenvalue weighted by Crippen LogP contribution is -2.55. The second-order valence-electron chi connectivity index (χ2n) is 8.01. The van der Waals surface area contributed by atoms with Crippen LogP contribution in [-0.4, -0.2) is 54.9 Å². The van der Waals surface area contributed by atoms with Crippen LogP contribution < -0.4 is 15.8 Å². The van der Waals surface area contributed by atoms with E-state index in [1.807, 2.05) is 0 Å². The van der Waals surface area contributed by atoms with Crippen LogP contribution in [0.15, 0.2) is 42.5 Å². The van der Waals surface area contributed by atoms with Gasteiger partial charge in [0.05, 0.1) is 18.8 Å². The Kier molecular flexibility index (Phi) is 8.29. The molecule has 1 saturated heterocycles. The highest BCUT2D eigenvalue weighted by Gasteiger charge is 2.50. The third-order valence-corrected chi connectivity index (χ3v) is 5.90. The zero-order valence-corrected chi connectivity index (χ0v) is 19.8. The van der Waals surface area contributed by atoms with Crippen molar-refractivity contribution in [2.75, 3.05) is 31.6 Å². The number of ether oxygens (including phenoxy) is 2. The molecular weight excluding hydrogens is 481 g/mol. The molecule has 0 spiro atoms. The van der Waals surface area contributed by atoms with Crippen LogP contribution in [0.5, 0.6) is 5.75 Å². The van der Waals surface area contributed by atoms with E-state index in [4.69, 9.17) is 26.8 Å². The maximum Gasteiger partial charge on any atom is 0.320 e. The summed E-state index contributed by atoms with van der Waals surface area (Å²) in [5.74, 6) is -1.89. The minimum absolute atomic E-state index is 0.0381. The SMILES string of the molecule is CCOC(=O)C1(Cc2ccc(F)cc2)CCN(C(=O)COc2ccc(Cl)cc2NC(N)=O)CC1=O. The highest BCUT2D eigenvalue weighted by atomic mass is 35.5. The zero-order chi connectivity index (χ0) is 25.6. The number of ketones is 1. The first-order valence-electron chi connectivity index (χ1n) is 10.9. The van der Waals surface area contributed by atoms with Crippen molar-refractivity contribution in [1.29, 1.82) is 0 Å². The van der Waals surface area contributed by atoms with E-state index in [-0.39, 0.29) is 44.0 Å². The number of carbonyl (C=O) groups is 4. The van der Waals surface area contributed by atoms with Crippen molar-refractivity contribution in [3.8, 4) is 5.75 Å². The molecule has 186 valence electrons. The van der Waals surface area contributed by atoms with Crippen molar-refractivity contribution < 1.29 is 33.0 Å². The molecule has 1 aliphatic heterocycles. The highest BCUT2D eigenvalue weighted by Crippen LogP contribution is 2.35. The van der Waals surface area contributed by atoms with E-state index in [9.17, 15) is 23.6 Å². The first kappa shape index (κ1) is 26.0. The van der Waals surface area contributed by atoms with E-state index in [2.05, 4.69) is 5.32 Å². The van der Waals surface area contributed by atoms with Crippen LogP contribution in [0.2, 0.25) is 5.02 Å². The molecule has 0 saturated carbocycles. The molecule has 1 fully saturated rings. The lowest BCUT2D eigenvalue weighted by atomic mass is 9.72. The molecule has 0 bridgehead atoms. The summed E-state index contributed by atoms with van der Waals surface area (Å²) in [4.78, 5) is 51.3. The average molecular weight is 506 g/mol. The van der Waals surface area contributed by atoms with Gasteiger partial charge in [0, 0.05) is 11.6 Å². The highest BCUT2D eigenvalue weighted by molar-refractivity contribution is 6.31. The number of likely N-dealkylation sites (tertiary alicyclic amines) is 1. The van der Waals surface area contributed by atoms with E-state index in [0.29, 0.717) is 10.6 Å². The number of carbonyl (C=O) groups excluding carboxylic acids is 4. The topological polar surface area (TPSA) is 128 Å². The van der Waals surface area contributed by atoms with Crippen molar-refractivity contribution in [2.45, 2.75) is 19.8 Å². The van der Waals surface area contributed by atoms with Gasteiger partial charge in [-0.3, -0.25) is 14.4 Å². The molecule has 11 heteroatoms. The minimum atomic E-state index is -1.47. The van der Waals surface area contributed by atoms with Crippen LogP contribution in [0.3, 0.4) is 0 Å². The van der Waals surface area contributed by atoms with Gasteiger partial charge in [-0.15, -0.1) is 0 Å². The number of nitrogens with zero attached hydrogens (tertiary/aromatic N) is 1. The Hall–Kier alpha value is -3.66. The van der Waals surface area contributed by atoms with E-state index in [1.54, 1.807) is 6.92 Å². The number of primary amides is 1. The van der Waals surface area contributed by atoms with Crippen molar-refractivity contribution in [2.24, 2.45) is 11.1 Å². The van der Waals surface area contributed by atoms with Crippen LogP contribution >= 0.6 is 11.6 Å². The summed E-state index contributed by atoms with van der Waals surface area (Å²) in [6, 6.07) is 9.11. The number of urea groups is 1. The number of Topliss-reactive ketones (excluding diaryl/α,β-unsaturated/α-hetero) is 1. The van der Waals surface area contributed by atoms with Gasteiger partial charge in [0.15, 0.2) is 12.4 Å². The van der Waals surface area contributed by atoms with Gasteiger partial charge in [-0.1, -0.05) is 23.7 Å². The minimum Gasteiger partial charge on any atom is -0.482 e. The van der Waals surface area contributed by atoms with Crippen molar-refractivity contribution in [3.63, 3.8) is 0 Å². The summed E-state index contributed by atoms with van der Waals surface area (Å²) >= 11 is 5.92. The van der Waals surface area contributed by atoms with Gasteiger partial charge in [0.2, 0.25) is 0 Å². The van der Waals surface area contributed by atoms with Gasteiger partial charge in [0.25, 0.3) is 5.91 Å². The fourth-order valence-electron chi connectivity index (χ4n) is 3.87. The van der Waals surface area contributed by atoms with Gasteiger partial charge in [0.1, 0.15) is 17.0 Å². The number of esters is 1. The Labute approximate surface area is 206 Å². The number of hydrogen-bond acceptors (Lipinski definition) is 6. The lowest BCUT2D eigenvalue weighted by molar-refractivity contribution is -0.165. The molecule has 2 aromatic rings. The molecule has 3 rings (SSSR count). The molecule has 1 aliphatic rings. The number of benzene rings is 2. The van der Waals surface area contributed by atoms with Crippen molar-refractivity contribution in [1.82, 2.24) is 4.90 Å². The Morgan fingerprint density at radius 3 is 2.54 bits per heavy atom. The first-order chi connectivity index (χ1) is 16.6. The number of amides is 3. The maximum atomic E-state index is 13.3. The van der Waals surface area contributed by atoms with Crippen molar-refractivity contribution >= 4 is 41.0 Å². The van der Waals surface area contributed by atoms with E-state index >= 15 is 0 Å². The van der Waals surface area contributed by atoms with E-state index in [0.717, 1.165) is 0 Å².